The van der Waals surface area contributed by atoms with Crippen LogP contribution in [-0.4, -0.2) is 17.4 Å². The van der Waals surface area contributed by atoms with Gasteiger partial charge in [0, 0.05) is 18.1 Å². The molecule has 1 heterocycles. The van der Waals surface area contributed by atoms with E-state index in [0.29, 0.717) is 6.54 Å². The first kappa shape index (κ1) is 13.0. The number of carbonyl (C=O) groups is 1. The fourth-order valence-electron chi connectivity index (χ4n) is 2.79. The Hall–Kier alpha value is -1.42. The zero-order valence-corrected chi connectivity index (χ0v) is 10.7. The first-order valence-corrected chi connectivity index (χ1v) is 6.68. The highest BCUT2D eigenvalue weighted by atomic mass is 16.2. The zero-order chi connectivity index (χ0) is 12.8. The van der Waals surface area contributed by atoms with Crippen LogP contribution >= 0.6 is 0 Å². The molecule has 1 saturated carbocycles. The third-order valence-corrected chi connectivity index (χ3v) is 3.85. The molecule has 0 unspecified atom stereocenters. The SMILES string of the molecule is NCCC1(C(=O)Nc2ccncc2)CCCCC1. The minimum absolute atomic E-state index is 0.124. The molecule has 2 rings (SSSR count). The number of hydrogen-bond donors (Lipinski definition) is 2. The molecule has 0 radical (unpaired) electrons. The summed E-state index contributed by atoms with van der Waals surface area (Å²) in [4.78, 5) is 16.4. The summed E-state index contributed by atoms with van der Waals surface area (Å²) in [6.45, 7) is 0.573. The average molecular weight is 247 g/mol. The van der Waals surface area contributed by atoms with E-state index in [0.717, 1.165) is 37.8 Å². The fourth-order valence-corrected chi connectivity index (χ4v) is 2.79. The van der Waals surface area contributed by atoms with Gasteiger partial charge in [0.25, 0.3) is 0 Å². The van der Waals surface area contributed by atoms with Crippen LogP contribution in [0.15, 0.2) is 24.5 Å². The van der Waals surface area contributed by atoms with Crippen LogP contribution in [0.2, 0.25) is 0 Å². The van der Waals surface area contributed by atoms with Crippen LogP contribution in [0.4, 0.5) is 5.69 Å². The summed E-state index contributed by atoms with van der Waals surface area (Å²) in [5.74, 6) is 0.124. The largest absolute Gasteiger partial charge is 0.330 e. The molecule has 0 aromatic carbocycles. The molecule has 4 nitrogen and oxygen atoms in total. The number of nitrogens with one attached hydrogen (secondary N) is 1. The lowest BCUT2D eigenvalue weighted by molar-refractivity contribution is -0.127. The number of hydrogen-bond acceptors (Lipinski definition) is 3. The van der Waals surface area contributed by atoms with Gasteiger partial charge >= 0.3 is 0 Å². The highest BCUT2D eigenvalue weighted by Crippen LogP contribution is 2.39. The second-order valence-electron chi connectivity index (χ2n) is 5.07. The second kappa shape index (κ2) is 5.96. The van der Waals surface area contributed by atoms with Crippen molar-refractivity contribution >= 4 is 11.6 Å². The van der Waals surface area contributed by atoms with E-state index in [1.54, 1.807) is 12.4 Å². The zero-order valence-electron chi connectivity index (χ0n) is 10.7. The van der Waals surface area contributed by atoms with Crippen molar-refractivity contribution in [3.05, 3.63) is 24.5 Å². The Bertz CT molecular complexity index is 380. The van der Waals surface area contributed by atoms with Gasteiger partial charge in [0.15, 0.2) is 0 Å². The molecule has 18 heavy (non-hydrogen) atoms. The molecule has 0 saturated heterocycles. The van der Waals surface area contributed by atoms with Crippen molar-refractivity contribution in [2.45, 2.75) is 38.5 Å². The molecule has 0 bridgehead atoms. The Morgan fingerprint density at radius 2 is 1.94 bits per heavy atom. The maximum absolute atomic E-state index is 12.5. The molecule has 0 aliphatic heterocycles. The first-order chi connectivity index (χ1) is 8.77. The minimum Gasteiger partial charge on any atom is -0.330 e. The summed E-state index contributed by atoms with van der Waals surface area (Å²) in [6, 6.07) is 3.63. The van der Waals surface area contributed by atoms with E-state index in [-0.39, 0.29) is 11.3 Å². The molecule has 1 aliphatic carbocycles. The standard InChI is InChI=1S/C14H21N3O/c15-9-8-14(6-2-1-3-7-14)13(18)17-12-4-10-16-11-5-12/h4-5,10-11H,1-3,6-9,15H2,(H,16,17,18). The van der Waals surface area contributed by atoms with E-state index < -0.39 is 0 Å². The minimum atomic E-state index is -0.254. The molecule has 98 valence electrons. The van der Waals surface area contributed by atoms with Crippen molar-refractivity contribution in [2.75, 3.05) is 11.9 Å². The number of amides is 1. The highest BCUT2D eigenvalue weighted by Gasteiger charge is 2.38. The Morgan fingerprint density at radius 1 is 1.28 bits per heavy atom. The normalized spacial score (nSPS) is 18.3. The average Bonchev–Trinajstić information content (AvgIpc) is 2.41. The number of pyridine rings is 1. The fraction of sp³-hybridized carbons (Fsp3) is 0.571. The van der Waals surface area contributed by atoms with E-state index in [9.17, 15) is 4.79 Å². The van der Waals surface area contributed by atoms with Crippen molar-refractivity contribution in [3.8, 4) is 0 Å². The molecule has 3 N–H and O–H groups in total. The second-order valence-corrected chi connectivity index (χ2v) is 5.07. The summed E-state index contributed by atoms with van der Waals surface area (Å²) in [5, 5.41) is 3.00. The molecule has 1 amide bonds. The Balaban J connectivity index is 2.08. The van der Waals surface area contributed by atoms with Crippen LogP contribution in [0.1, 0.15) is 38.5 Å². The predicted molar refractivity (Wildman–Crippen MR) is 72.1 cm³/mol. The Labute approximate surface area is 108 Å². The molecule has 1 aliphatic rings. The van der Waals surface area contributed by atoms with Crippen LogP contribution in [-0.2, 0) is 4.79 Å². The van der Waals surface area contributed by atoms with E-state index >= 15 is 0 Å². The molecular weight excluding hydrogens is 226 g/mol. The van der Waals surface area contributed by atoms with Crippen molar-refractivity contribution in [2.24, 2.45) is 11.1 Å². The third kappa shape index (κ3) is 2.88. The van der Waals surface area contributed by atoms with Gasteiger partial charge in [0.05, 0.1) is 5.41 Å². The molecule has 1 aromatic rings. The summed E-state index contributed by atoms with van der Waals surface area (Å²) >= 11 is 0. The quantitative estimate of drug-likeness (QED) is 0.858. The Morgan fingerprint density at radius 3 is 2.56 bits per heavy atom. The van der Waals surface area contributed by atoms with Crippen LogP contribution in [0, 0.1) is 5.41 Å². The van der Waals surface area contributed by atoms with Gasteiger partial charge in [-0.05, 0) is 37.9 Å². The molecule has 0 spiro atoms. The molecule has 1 fully saturated rings. The van der Waals surface area contributed by atoms with E-state index in [1.807, 2.05) is 12.1 Å². The lowest BCUT2D eigenvalue weighted by atomic mass is 9.71. The van der Waals surface area contributed by atoms with E-state index in [4.69, 9.17) is 5.73 Å². The third-order valence-electron chi connectivity index (χ3n) is 3.85. The summed E-state index contributed by atoms with van der Waals surface area (Å²) in [5.41, 5.74) is 6.25. The van der Waals surface area contributed by atoms with Crippen LogP contribution in [0.25, 0.3) is 0 Å². The maximum atomic E-state index is 12.5. The number of anilines is 1. The van der Waals surface area contributed by atoms with Crippen LogP contribution < -0.4 is 11.1 Å². The summed E-state index contributed by atoms with van der Waals surface area (Å²) < 4.78 is 0. The van der Waals surface area contributed by atoms with Gasteiger partial charge in [-0.2, -0.15) is 0 Å². The Kier molecular flexibility index (Phi) is 4.31. The van der Waals surface area contributed by atoms with E-state index in [1.165, 1.54) is 6.42 Å². The number of carbonyl (C=O) groups excluding carboxylic acids is 1. The van der Waals surface area contributed by atoms with Crippen molar-refractivity contribution in [1.29, 1.82) is 0 Å². The van der Waals surface area contributed by atoms with Crippen molar-refractivity contribution in [1.82, 2.24) is 4.98 Å². The summed E-state index contributed by atoms with van der Waals surface area (Å²) in [6.07, 6.45) is 9.56. The molecule has 1 aromatic heterocycles. The molecule has 4 heteroatoms. The number of rotatable bonds is 4. The topological polar surface area (TPSA) is 68.0 Å². The first-order valence-electron chi connectivity index (χ1n) is 6.68. The monoisotopic (exact) mass is 247 g/mol. The van der Waals surface area contributed by atoms with E-state index in [2.05, 4.69) is 10.3 Å². The lowest BCUT2D eigenvalue weighted by Gasteiger charge is -2.35. The maximum Gasteiger partial charge on any atom is 0.230 e. The predicted octanol–water partition coefficient (Wildman–Crippen LogP) is 2.32. The van der Waals surface area contributed by atoms with Crippen LogP contribution in [0.3, 0.4) is 0 Å². The van der Waals surface area contributed by atoms with Gasteiger partial charge in [0.2, 0.25) is 5.91 Å². The van der Waals surface area contributed by atoms with Gasteiger partial charge in [0.1, 0.15) is 0 Å². The van der Waals surface area contributed by atoms with Gasteiger partial charge in [-0.25, -0.2) is 0 Å². The number of aromatic nitrogens is 1. The summed E-state index contributed by atoms with van der Waals surface area (Å²) in [7, 11) is 0. The smallest absolute Gasteiger partial charge is 0.230 e. The van der Waals surface area contributed by atoms with Gasteiger partial charge in [-0.15, -0.1) is 0 Å². The van der Waals surface area contributed by atoms with Gasteiger partial charge in [-0.3, -0.25) is 9.78 Å². The molecular formula is C14H21N3O. The van der Waals surface area contributed by atoms with Gasteiger partial charge < -0.3 is 11.1 Å². The van der Waals surface area contributed by atoms with Crippen molar-refractivity contribution < 1.29 is 4.79 Å². The molecule has 0 atom stereocenters. The van der Waals surface area contributed by atoms with Crippen molar-refractivity contribution in [3.63, 3.8) is 0 Å². The van der Waals surface area contributed by atoms with Crippen LogP contribution in [0.5, 0.6) is 0 Å². The van der Waals surface area contributed by atoms with Gasteiger partial charge in [-0.1, -0.05) is 19.3 Å². The highest BCUT2D eigenvalue weighted by molar-refractivity contribution is 5.95. The number of nitrogens with two attached hydrogens (primary N) is 1. The number of nitrogens with zero attached hydrogens (tertiary/aromatic N) is 1. The lowest BCUT2D eigenvalue weighted by Crippen LogP contribution is -2.39.